The second kappa shape index (κ2) is 6.02. The molecule has 1 spiro atoms. The molecule has 2 aromatic heterocycles. The lowest BCUT2D eigenvalue weighted by Crippen LogP contribution is -2.67. The van der Waals surface area contributed by atoms with E-state index in [2.05, 4.69) is 15.3 Å². The number of pyridine rings is 1. The van der Waals surface area contributed by atoms with E-state index in [1.165, 1.54) is 6.42 Å². The molecule has 2 saturated carbocycles. The molecule has 0 bridgehead atoms. The van der Waals surface area contributed by atoms with Gasteiger partial charge in [-0.2, -0.15) is 0 Å². The Balaban J connectivity index is 1.42. The van der Waals surface area contributed by atoms with Crippen LogP contribution in [0.25, 0.3) is 5.82 Å². The van der Waals surface area contributed by atoms with Crippen LogP contribution in [0.5, 0.6) is 0 Å². The summed E-state index contributed by atoms with van der Waals surface area (Å²) in [6, 6.07) is 3.87. The van der Waals surface area contributed by atoms with Crippen molar-refractivity contribution in [2.24, 2.45) is 5.41 Å². The fourth-order valence-electron chi connectivity index (χ4n) is 3.95. The van der Waals surface area contributed by atoms with Gasteiger partial charge in [0.2, 0.25) is 0 Å². The van der Waals surface area contributed by atoms with Crippen molar-refractivity contribution < 1.29 is 9.53 Å². The molecule has 0 aliphatic heterocycles. The number of carbonyl (C=O) groups excluding carboxylic acids is 1. The highest BCUT2D eigenvalue weighted by Crippen LogP contribution is 2.57. The van der Waals surface area contributed by atoms with E-state index in [9.17, 15) is 4.79 Å². The molecule has 4 rings (SSSR count). The number of nitrogens with zero attached hydrogens (tertiary/aromatic N) is 3. The van der Waals surface area contributed by atoms with E-state index in [1.807, 2.05) is 29.8 Å². The second-order valence-corrected chi connectivity index (χ2v) is 6.67. The molecule has 2 aliphatic rings. The quantitative estimate of drug-likeness (QED) is 0.916. The van der Waals surface area contributed by atoms with Crippen molar-refractivity contribution in [2.45, 2.75) is 44.8 Å². The Labute approximate surface area is 141 Å². The van der Waals surface area contributed by atoms with Crippen LogP contribution in [0.1, 0.15) is 43.0 Å². The van der Waals surface area contributed by atoms with Crippen LogP contribution in [0.4, 0.5) is 0 Å². The summed E-state index contributed by atoms with van der Waals surface area (Å²) in [4.78, 5) is 20.9. The Bertz CT molecular complexity index is 707. The Morgan fingerprint density at radius 3 is 2.92 bits per heavy atom. The van der Waals surface area contributed by atoms with Crippen molar-refractivity contribution in [3.63, 3.8) is 0 Å². The number of amides is 1. The van der Waals surface area contributed by atoms with Gasteiger partial charge in [-0.1, -0.05) is 6.42 Å². The van der Waals surface area contributed by atoms with E-state index in [4.69, 9.17) is 4.74 Å². The van der Waals surface area contributed by atoms with Crippen LogP contribution in [0.3, 0.4) is 0 Å². The number of carbonyl (C=O) groups is 1. The number of hydrogen-bond acceptors (Lipinski definition) is 4. The maximum atomic E-state index is 12.5. The molecule has 2 aliphatic carbocycles. The number of ether oxygens (including phenoxy) is 1. The van der Waals surface area contributed by atoms with Crippen LogP contribution in [0, 0.1) is 5.41 Å². The minimum atomic E-state index is -0.0501. The molecule has 0 radical (unpaired) electrons. The maximum Gasteiger partial charge on any atom is 0.253 e. The van der Waals surface area contributed by atoms with Crippen molar-refractivity contribution in [1.29, 1.82) is 0 Å². The van der Waals surface area contributed by atoms with Crippen molar-refractivity contribution >= 4 is 5.91 Å². The van der Waals surface area contributed by atoms with Crippen LogP contribution in [0.2, 0.25) is 0 Å². The first-order chi connectivity index (χ1) is 11.7. The van der Waals surface area contributed by atoms with Crippen molar-refractivity contribution in [3.05, 3.63) is 42.6 Å². The first-order valence-corrected chi connectivity index (χ1v) is 8.60. The van der Waals surface area contributed by atoms with Crippen LogP contribution < -0.4 is 5.32 Å². The fraction of sp³-hybridized carbons (Fsp3) is 0.500. The lowest BCUT2D eigenvalue weighted by molar-refractivity contribution is -0.169. The average molecular weight is 326 g/mol. The highest BCUT2D eigenvalue weighted by molar-refractivity contribution is 5.94. The molecule has 6 nitrogen and oxygen atoms in total. The van der Waals surface area contributed by atoms with E-state index in [1.54, 1.807) is 18.7 Å². The average Bonchev–Trinajstić information content (AvgIpc) is 3.06. The summed E-state index contributed by atoms with van der Waals surface area (Å²) >= 11 is 0. The SMILES string of the molecule is CCO[C@H]1C[C@H](NC(=O)c2ccc(-n3ccnc3)nc2)C12CCC2. The van der Waals surface area contributed by atoms with Gasteiger partial charge < -0.3 is 10.1 Å². The van der Waals surface area contributed by atoms with Crippen LogP contribution in [0.15, 0.2) is 37.1 Å². The lowest BCUT2D eigenvalue weighted by atomic mass is 9.51. The molecular weight excluding hydrogens is 304 g/mol. The van der Waals surface area contributed by atoms with Crippen LogP contribution in [-0.2, 0) is 4.74 Å². The van der Waals surface area contributed by atoms with E-state index >= 15 is 0 Å². The third-order valence-corrected chi connectivity index (χ3v) is 5.52. The zero-order chi connectivity index (χ0) is 16.6. The molecule has 0 aromatic carbocycles. The topological polar surface area (TPSA) is 69.0 Å². The molecule has 2 atom stereocenters. The molecule has 6 heteroatoms. The lowest BCUT2D eigenvalue weighted by Gasteiger charge is -2.61. The molecule has 0 saturated heterocycles. The van der Waals surface area contributed by atoms with Crippen molar-refractivity contribution in [3.8, 4) is 5.82 Å². The Morgan fingerprint density at radius 2 is 2.33 bits per heavy atom. The predicted molar refractivity (Wildman–Crippen MR) is 88.9 cm³/mol. The van der Waals surface area contributed by atoms with Gasteiger partial charge in [-0.05, 0) is 38.3 Å². The second-order valence-electron chi connectivity index (χ2n) is 6.67. The molecule has 2 fully saturated rings. The van der Waals surface area contributed by atoms with Gasteiger partial charge in [-0.15, -0.1) is 0 Å². The summed E-state index contributed by atoms with van der Waals surface area (Å²) in [6.45, 7) is 2.78. The summed E-state index contributed by atoms with van der Waals surface area (Å²) in [5, 5.41) is 3.19. The van der Waals surface area contributed by atoms with Gasteiger partial charge >= 0.3 is 0 Å². The van der Waals surface area contributed by atoms with E-state index in [0.29, 0.717) is 11.7 Å². The van der Waals surface area contributed by atoms with E-state index < -0.39 is 0 Å². The highest BCUT2D eigenvalue weighted by atomic mass is 16.5. The van der Waals surface area contributed by atoms with Gasteiger partial charge in [0.05, 0.1) is 11.7 Å². The Morgan fingerprint density at radius 1 is 1.46 bits per heavy atom. The Hall–Kier alpha value is -2.21. The first kappa shape index (κ1) is 15.3. The van der Waals surface area contributed by atoms with E-state index in [0.717, 1.165) is 31.7 Å². The first-order valence-electron chi connectivity index (χ1n) is 8.60. The minimum absolute atomic E-state index is 0.0501. The van der Waals surface area contributed by atoms with Gasteiger partial charge in [0.25, 0.3) is 5.91 Å². The van der Waals surface area contributed by atoms with Crippen LogP contribution in [-0.4, -0.2) is 39.2 Å². The van der Waals surface area contributed by atoms with Gasteiger partial charge in [0.1, 0.15) is 12.1 Å². The normalized spacial score (nSPS) is 24.2. The standard InChI is InChI=1S/C18H22N4O2/c1-2-24-15-10-14(18(15)6-3-7-18)21-17(23)13-4-5-16(20-11-13)22-9-8-19-12-22/h4-5,8-9,11-12,14-15H,2-3,6-7,10H2,1H3,(H,21,23)/t14-,15-/m0/s1. The summed E-state index contributed by atoms with van der Waals surface area (Å²) < 4.78 is 7.65. The van der Waals surface area contributed by atoms with Gasteiger partial charge in [0.15, 0.2) is 0 Å². The number of rotatable bonds is 5. The number of aromatic nitrogens is 3. The summed E-state index contributed by atoms with van der Waals surface area (Å²) in [5.41, 5.74) is 0.767. The smallest absolute Gasteiger partial charge is 0.253 e. The highest BCUT2D eigenvalue weighted by Gasteiger charge is 2.59. The van der Waals surface area contributed by atoms with Gasteiger partial charge in [-0.25, -0.2) is 9.97 Å². The summed E-state index contributed by atoms with van der Waals surface area (Å²) in [5.74, 6) is 0.700. The molecule has 2 heterocycles. The molecule has 1 amide bonds. The minimum Gasteiger partial charge on any atom is -0.378 e. The summed E-state index contributed by atoms with van der Waals surface area (Å²) in [7, 11) is 0. The van der Waals surface area contributed by atoms with Crippen LogP contribution >= 0.6 is 0 Å². The molecule has 1 N–H and O–H groups in total. The maximum absolute atomic E-state index is 12.5. The largest absolute Gasteiger partial charge is 0.378 e. The zero-order valence-electron chi connectivity index (χ0n) is 13.8. The number of nitrogens with one attached hydrogen (secondary N) is 1. The molecular formula is C18H22N4O2. The molecule has 126 valence electrons. The molecule has 2 aromatic rings. The molecule has 0 unspecified atom stereocenters. The van der Waals surface area contributed by atoms with E-state index in [-0.39, 0.29) is 17.4 Å². The van der Waals surface area contributed by atoms with Crippen molar-refractivity contribution in [2.75, 3.05) is 6.61 Å². The van der Waals surface area contributed by atoms with Crippen molar-refractivity contribution in [1.82, 2.24) is 19.9 Å². The Kier molecular flexibility index (Phi) is 3.84. The number of hydrogen-bond donors (Lipinski definition) is 1. The third-order valence-electron chi connectivity index (χ3n) is 5.52. The third kappa shape index (κ3) is 2.41. The fourth-order valence-corrected chi connectivity index (χ4v) is 3.95. The predicted octanol–water partition coefficient (Wildman–Crippen LogP) is 2.34. The monoisotopic (exact) mass is 326 g/mol. The molecule has 24 heavy (non-hydrogen) atoms. The van der Waals surface area contributed by atoms with Gasteiger partial charge in [0, 0.05) is 36.7 Å². The zero-order valence-corrected chi connectivity index (χ0v) is 13.8. The summed E-state index contributed by atoms with van der Waals surface area (Å²) in [6.07, 6.45) is 11.6. The van der Waals surface area contributed by atoms with Gasteiger partial charge in [-0.3, -0.25) is 9.36 Å². The number of imidazole rings is 1.